The van der Waals surface area contributed by atoms with Gasteiger partial charge in [-0.1, -0.05) is 32.0 Å². The first-order valence-electron chi connectivity index (χ1n) is 8.01. The van der Waals surface area contributed by atoms with E-state index in [4.69, 9.17) is 8.92 Å². The molecule has 1 heterocycles. The summed E-state index contributed by atoms with van der Waals surface area (Å²) in [7, 11) is -4.04. The number of ether oxygens (including phenoxy) is 1. The Labute approximate surface area is 146 Å². The molecule has 0 unspecified atom stereocenters. The summed E-state index contributed by atoms with van der Waals surface area (Å²) in [6.07, 6.45) is 0.864. The summed E-state index contributed by atoms with van der Waals surface area (Å²) in [5.74, 6) is 0.584. The SMILES string of the molecule is CC[C@@H](C)c1ccccc1OS(=O)(=O)c1ccc2c(c1)NC(=O)CO2. The van der Waals surface area contributed by atoms with Crippen molar-refractivity contribution in [1.29, 1.82) is 0 Å². The zero-order valence-corrected chi connectivity index (χ0v) is 14.8. The maximum absolute atomic E-state index is 12.7. The van der Waals surface area contributed by atoms with Crippen molar-refractivity contribution >= 4 is 21.7 Å². The minimum Gasteiger partial charge on any atom is -0.482 e. The first kappa shape index (κ1) is 17.3. The quantitative estimate of drug-likeness (QED) is 0.827. The highest BCUT2D eigenvalue weighted by atomic mass is 32.2. The Morgan fingerprint density at radius 2 is 2.00 bits per heavy atom. The molecule has 0 spiro atoms. The highest BCUT2D eigenvalue weighted by Crippen LogP contribution is 2.33. The third-order valence-electron chi connectivity index (χ3n) is 4.13. The molecule has 1 aliphatic rings. The van der Waals surface area contributed by atoms with Gasteiger partial charge in [0.05, 0.1) is 5.69 Å². The molecule has 2 aromatic rings. The number of nitrogens with one attached hydrogen (secondary N) is 1. The van der Waals surface area contributed by atoms with E-state index in [1.807, 2.05) is 26.0 Å². The van der Waals surface area contributed by atoms with E-state index < -0.39 is 10.1 Å². The summed E-state index contributed by atoms with van der Waals surface area (Å²) in [6.45, 7) is 3.96. The van der Waals surface area contributed by atoms with Gasteiger partial charge < -0.3 is 14.2 Å². The van der Waals surface area contributed by atoms with Crippen LogP contribution in [0.5, 0.6) is 11.5 Å². The van der Waals surface area contributed by atoms with Crippen LogP contribution in [0, 0.1) is 0 Å². The number of hydrogen-bond donors (Lipinski definition) is 1. The van der Waals surface area contributed by atoms with Crippen molar-refractivity contribution in [3.05, 3.63) is 48.0 Å². The van der Waals surface area contributed by atoms with Crippen LogP contribution in [-0.2, 0) is 14.9 Å². The summed E-state index contributed by atoms with van der Waals surface area (Å²) < 4.78 is 35.9. The molecule has 0 saturated carbocycles. The smallest absolute Gasteiger partial charge is 0.339 e. The Hall–Kier alpha value is -2.54. The average molecular weight is 361 g/mol. The molecule has 2 aromatic carbocycles. The molecule has 25 heavy (non-hydrogen) atoms. The molecule has 0 bridgehead atoms. The van der Waals surface area contributed by atoms with Crippen LogP contribution >= 0.6 is 0 Å². The van der Waals surface area contributed by atoms with E-state index in [9.17, 15) is 13.2 Å². The molecule has 0 aliphatic carbocycles. The van der Waals surface area contributed by atoms with E-state index in [0.29, 0.717) is 17.2 Å². The van der Waals surface area contributed by atoms with Crippen LogP contribution in [-0.4, -0.2) is 20.9 Å². The van der Waals surface area contributed by atoms with Gasteiger partial charge in [0.15, 0.2) is 6.61 Å². The molecule has 1 aliphatic heterocycles. The molecular weight excluding hydrogens is 342 g/mol. The normalized spacial score (nSPS) is 14.9. The van der Waals surface area contributed by atoms with E-state index in [0.717, 1.165) is 12.0 Å². The van der Waals surface area contributed by atoms with Crippen LogP contribution in [0.3, 0.4) is 0 Å². The van der Waals surface area contributed by atoms with Crippen molar-refractivity contribution in [2.24, 2.45) is 0 Å². The van der Waals surface area contributed by atoms with Gasteiger partial charge in [-0.05, 0) is 42.2 Å². The fourth-order valence-electron chi connectivity index (χ4n) is 2.57. The molecule has 0 aromatic heterocycles. The number of para-hydroxylation sites is 1. The van der Waals surface area contributed by atoms with Gasteiger partial charge >= 0.3 is 10.1 Å². The molecule has 0 radical (unpaired) electrons. The lowest BCUT2D eigenvalue weighted by Gasteiger charge is -2.19. The fraction of sp³-hybridized carbons (Fsp3) is 0.278. The van der Waals surface area contributed by atoms with Crippen LogP contribution in [0.4, 0.5) is 5.69 Å². The van der Waals surface area contributed by atoms with Crippen LogP contribution < -0.4 is 14.2 Å². The molecule has 6 nitrogen and oxygen atoms in total. The van der Waals surface area contributed by atoms with Crippen molar-refractivity contribution in [3.63, 3.8) is 0 Å². The van der Waals surface area contributed by atoms with E-state index in [1.54, 1.807) is 12.1 Å². The molecular formula is C18H19NO5S. The molecule has 1 atom stereocenters. The van der Waals surface area contributed by atoms with Gasteiger partial charge in [-0.2, -0.15) is 8.42 Å². The van der Waals surface area contributed by atoms with E-state index in [1.165, 1.54) is 18.2 Å². The zero-order valence-electron chi connectivity index (χ0n) is 14.0. The second-order valence-electron chi connectivity index (χ2n) is 5.88. The number of fused-ring (bicyclic) bond motifs is 1. The number of benzene rings is 2. The number of carbonyl (C=O) groups is 1. The lowest BCUT2D eigenvalue weighted by atomic mass is 9.98. The third kappa shape index (κ3) is 3.61. The minimum absolute atomic E-state index is 0.0454. The largest absolute Gasteiger partial charge is 0.482 e. The first-order valence-corrected chi connectivity index (χ1v) is 9.41. The van der Waals surface area contributed by atoms with E-state index >= 15 is 0 Å². The van der Waals surface area contributed by atoms with Crippen LogP contribution in [0.1, 0.15) is 31.7 Å². The zero-order chi connectivity index (χ0) is 18.0. The van der Waals surface area contributed by atoms with Crippen LogP contribution in [0.15, 0.2) is 47.4 Å². The molecule has 0 saturated heterocycles. The van der Waals surface area contributed by atoms with Gasteiger partial charge in [0, 0.05) is 0 Å². The maximum atomic E-state index is 12.7. The third-order valence-corrected chi connectivity index (χ3v) is 5.36. The molecule has 1 amide bonds. The highest BCUT2D eigenvalue weighted by Gasteiger charge is 2.23. The monoisotopic (exact) mass is 361 g/mol. The van der Waals surface area contributed by atoms with Gasteiger partial charge in [0.1, 0.15) is 16.4 Å². The Morgan fingerprint density at radius 3 is 2.76 bits per heavy atom. The first-order chi connectivity index (χ1) is 11.9. The molecule has 1 N–H and O–H groups in total. The van der Waals surface area contributed by atoms with Gasteiger partial charge in [0.2, 0.25) is 0 Å². The van der Waals surface area contributed by atoms with Gasteiger partial charge in [-0.25, -0.2) is 0 Å². The van der Waals surface area contributed by atoms with E-state index in [2.05, 4.69) is 5.32 Å². The molecule has 132 valence electrons. The molecule has 0 fully saturated rings. The Kier molecular flexibility index (Phi) is 4.67. The number of carbonyl (C=O) groups excluding carboxylic acids is 1. The van der Waals surface area contributed by atoms with Crippen molar-refractivity contribution in [2.45, 2.75) is 31.1 Å². The standard InChI is InChI=1S/C18H19NO5S/c1-3-12(2)14-6-4-5-7-16(14)24-25(21,22)13-8-9-17-15(10-13)19-18(20)11-23-17/h4-10,12H,3,11H2,1-2H3,(H,19,20)/t12-/m1/s1. The van der Waals surface area contributed by atoms with Crippen molar-refractivity contribution in [3.8, 4) is 11.5 Å². The maximum Gasteiger partial charge on any atom is 0.339 e. The minimum atomic E-state index is -4.04. The number of rotatable bonds is 5. The molecule has 3 rings (SSSR count). The number of anilines is 1. The van der Waals surface area contributed by atoms with E-state index in [-0.39, 0.29) is 23.3 Å². The van der Waals surface area contributed by atoms with Crippen molar-refractivity contribution < 1.29 is 22.1 Å². The highest BCUT2D eigenvalue weighted by molar-refractivity contribution is 7.87. The van der Waals surface area contributed by atoms with Gasteiger partial charge in [-0.3, -0.25) is 4.79 Å². The fourth-order valence-corrected chi connectivity index (χ4v) is 3.55. The van der Waals surface area contributed by atoms with Crippen LogP contribution in [0.2, 0.25) is 0 Å². The second kappa shape index (κ2) is 6.76. The summed E-state index contributed by atoms with van der Waals surface area (Å²) in [5, 5.41) is 2.59. The number of amides is 1. The summed E-state index contributed by atoms with van der Waals surface area (Å²) in [5.41, 5.74) is 1.15. The Bertz CT molecular complexity index is 907. The van der Waals surface area contributed by atoms with Gasteiger partial charge in [-0.15, -0.1) is 0 Å². The summed E-state index contributed by atoms with van der Waals surface area (Å²) in [6, 6.07) is 11.3. The molecule has 7 heteroatoms. The average Bonchev–Trinajstić information content (AvgIpc) is 2.60. The topological polar surface area (TPSA) is 81.7 Å². The summed E-state index contributed by atoms with van der Waals surface area (Å²) in [4.78, 5) is 11.4. The summed E-state index contributed by atoms with van der Waals surface area (Å²) >= 11 is 0. The predicted octanol–water partition coefficient (Wildman–Crippen LogP) is 3.30. The second-order valence-corrected chi connectivity index (χ2v) is 7.43. The lowest BCUT2D eigenvalue weighted by Crippen LogP contribution is -2.25. The van der Waals surface area contributed by atoms with Crippen molar-refractivity contribution in [1.82, 2.24) is 0 Å². The lowest BCUT2D eigenvalue weighted by molar-refractivity contribution is -0.118. The van der Waals surface area contributed by atoms with Crippen LogP contribution in [0.25, 0.3) is 0 Å². The Balaban J connectivity index is 1.93. The predicted molar refractivity (Wildman–Crippen MR) is 93.5 cm³/mol. The van der Waals surface area contributed by atoms with Crippen molar-refractivity contribution in [2.75, 3.05) is 11.9 Å². The van der Waals surface area contributed by atoms with Gasteiger partial charge in [0.25, 0.3) is 5.91 Å². The Morgan fingerprint density at radius 1 is 1.24 bits per heavy atom. The number of hydrogen-bond acceptors (Lipinski definition) is 5.